The van der Waals surface area contributed by atoms with Crippen molar-refractivity contribution < 1.29 is 27.4 Å². The number of hydrogen-bond donors (Lipinski definition) is 1. The molecule has 1 aromatic heterocycles. The van der Waals surface area contributed by atoms with Gasteiger partial charge in [0.25, 0.3) is 0 Å². The number of para-hydroxylation sites is 2. The number of alkyl halides is 3. The number of ether oxygens (including phenoxy) is 3. The molecule has 0 spiro atoms. The number of fused-ring (bicyclic) bond motifs is 2. The minimum atomic E-state index is -4.77. The molecule has 3 aromatic rings. The van der Waals surface area contributed by atoms with Crippen molar-refractivity contribution in [3.63, 3.8) is 0 Å². The van der Waals surface area contributed by atoms with Crippen LogP contribution in [-0.4, -0.2) is 47.3 Å². The van der Waals surface area contributed by atoms with Gasteiger partial charge in [-0.25, -0.2) is 4.98 Å². The van der Waals surface area contributed by atoms with Gasteiger partial charge in [0.05, 0.1) is 64.6 Å². The summed E-state index contributed by atoms with van der Waals surface area (Å²) in [5.41, 5.74) is 4.99. The summed E-state index contributed by atoms with van der Waals surface area (Å²) in [6.07, 6.45) is 2.45. The van der Waals surface area contributed by atoms with Crippen LogP contribution < -0.4 is 20.1 Å². The van der Waals surface area contributed by atoms with Crippen molar-refractivity contribution in [1.29, 1.82) is 0 Å². The first kappa shape index (κ1) is 28.5. The van der Waals surface area contributed by atoms with E-state index in [1.54, 1.807) is 44.8 Å². The van der Waals surface area contributed by atoms with Crippen LogP contribution in [0.2, 0.25) is 0 Å². The highest BCUT2D eigenvalue weighted by Crippen LogP contribution is 2.33. The third-order valence-corrected chi connectivity index (χ3v) is 7.59. The van der Waals surface area contributed by atoms with Crippen molar-refractivity contribution in [1.82, 2.24) is 14.5 Å². The second-order valence-electron chi connectivity index (χ2n) is 10.3. The number of nitrogens with one attached hydrogen (secondary N) is 1. The molecule has 2 aliphatic carbocycles. The van der Waals surface area contributed by atoms with Crippen molar-refractivity contribution in [2.24, 2.45) is 4.99 Å². The molecule has 3 aliphatic rings. The zero-order valence-electron chi connectivity index (χ0n) is 23.6. The zero-order valence-corrected chi connectivity index (χ0v) is 23.6. The molecule has 0 atom stereocenters. The molecule has 1 saturated carbocycles. The number of aromatic nitrogens is 3. The number of pyridine rings is 1. The topological polar surface area (TPSA) is 82.8 Å². The Morgan fingerprint density at radius 1 is 0.930 bits per heavy atom. The molecule has 0 amide bonds. The van der Waals surface area contributed by atoms with E-state index in [9.17, 15) is 13.2 Å². The van der Waals surface area contributed by atoms with Gasteiger partial charge in [-0.3, -0.25) is 9.98 Å². The van der Waals surface area contributed by atoms with E-state index in [0.717, 1.165) is 53.5 Å². The molecular weight excluding hydrogens is 559 g/mol. The van der Waals surface area contributed by atoms with E-state index in [0.29, 0.717) is 22.8 Å². The van der Waals surface area contributed by atoms with Crippen molar-refractivity contribution in [2.45, 2.75) is 44.2 Å². The first-order chi connectivity index (χ1) is 20.8. The van der Waals surface area contributed by atoms with Crippen molar-refractivity contribution in [2.75, 3.05) is 19.5 Å². The zero-order chi connectivity index (χ0) is 30.0. The summed E-state index contributed by atoms with van der Waals surface area (Å²) in [7, 11) is 3.34. The van der Waals surface area contributed by atoms with E-state index in [2.05, 4.69) is 15.0 Å². The van der Waals surface area contributed by atoms with E-state index in [1.165, 1.54) is 12.1 Å². The van der Waals surface area contributed by atoms with Gasteiger partial charge < -0.3 is 24.1 Å². The van der Waals surface area contributed by atoms with Crippen LogP contribution in [0.3, 0.4) is 0 Å². The maximum absolute atomic E-state index is 12.8. The Morgan fingerprint density at radius 2 is 1.70 bits per heavy atom. The summed E-state index contributed by atoms with van der Waals surface area (Å²) in [5.74, 6) is 0.336. The molecule has 0 saturated heterocycles. The SMILES string of the molecule is COc1ccncc1Nc1cc2nc3ccccc3n(-c3ccc(OC(F)(F)F)cc3)c-2cc1=NC1CCC(OC)CC1. The average molecular weight is 590 g/mol. The Labute approximate surface area is 246 Å². The Hall–Kier alpha value is -4.64. The van der Waals surface area contributed by atoms with Crippen LogP contribution in [-0.2, 0) is 4.74 Å². The maximum Gasteiger partial charge on any atom is 0.573 e. The summed E-state index contributed by atoms with van der Waals surface area (Å²) in [6.45, 7) is 0. The monoisotopic (exact) mass is 589 g/mol. The number of benzene rings is 3. The molecule has 2 heterocycles. The standard InChI is InChI=1S/C32H30F3N5O3/c1-41-22-11-7-20(8-12-22)37-26-18-30-27(17-25(26)39-28-19-36-16-15-31(28)42-2)38-24-5-3-4-6-29(24)40(30)21-9-13-23(14-10-21)43-32(33,34)35/h3-6,9-10,13-20,22,39H,7-8,11-12H2,1-2H3. The predicted octanol–water partition coefficient (Wildman–Crippen LogP) is 7.03. The molecule has 6 rings (SSSR count). The highest BCUT2D eigenvalue weighted by Gasteiger charge is 2.31. The van der Waals surface area contributed by atoms with Gasteiger partial charge in [-0.05, 0) is 74.2 Å². The molecule has 11 heteroatoms. The molecule has 1 N–H and O–H groups in total. The van der Waals surface area contributed by atoms with E-state index in [1.807, 2.05) is 41.0 Å². The minimum absolute atomic E-state index is 0.0980. The summed E-state index contributed by atoms with van der Waals surface area (Å²) < 4.78 is 55.7. The molecule has 2 aromatic carbocycles. The number of rotatable bonds is 7. The molecule has 43 heavy (non-hydrogen) atoms. The fourth-order valence-corrected chi connectivity index (χ4v) is 5.53. The highest BCUT2D eigenvalue weighted by molar-refractivity contribution is 5.84. The van der Waals surface area contributed by atoms with Gasteiger partial charge in [0.2, 0.25) is 0 Å². The summed E-state index contributed by atoms with van der Waals surface area (Å²) >= 11 is 0. The number of methoxy groups -OCH3 is 2. The molecule has 0 bridgehead atoms. The van der Waals surface area contributed by atoms with Gasteiger partial charge in [-0.15, -0.1) is 13.2 Å². The number of nitrogens with zero attached hydrogens (tertiary/aromatic N) is 4. The number of hydrogen-bond acceptors (Lipinski definition) is 7. The predicted molar refractivity (Wildman–Crippen MR) is 157 cm³/mol. The second-order valence-corrected chi connectivity index (χ2v) is 10.3. The van der Waals surface area contributed by atoms with Gasteiger partial charge in [-0.2, -0.15) is 0 Å². The molecule has 0 unspecified atom stereocenters. The molecular formula is C32H30F3N5O3. The molecule has 1 fully saturated rings. The van der Waals surface area contributed by atoms with Gasteiger partial charge in [0.15, 0.2) is 0 Å². The van der Waals surface area contributed by atoms with Gasteiger partial charge in [0.1, 0.15) is 11.5 Å². The third-order valence-electron chi connectivity index (χ3n) is 7.59. The second kappa shape index (κ2) is 11.9. The normalized spacial score (nSPS) is 17.7. The first-order valence-corrected chi connectivity index (χ1v) is 13.9. The lowest BCUT2D eigenvalue weighted by atomic mass is 9.93. The fraction of sp³-hybridized carbons (Fsp3) is 0.281. The van der Waals surface area contributed by atoms with Gasteiger partial charge in [-0.1, -0.05) is 12.1 Å². The van der Waals surface area contributed by atoms with E-state index >= 15 is 0 Å². The molecule has 1 aliphatic heterocycles. The van der Waals surface area contributed by atoms with Crippen molar-refractivity contribution in [3.8, 4) is 28.6 Å². The quantitative estimate of drug-likeness (QED) is 0.205. The van der Waals surface area contributed by atoms with Crippen LogP contribution in [0.4, 0.5) is 24.5 Å². The van der Waals surface area contributed by atoms with E-state index in [4.69, 9.17) is 19.5 Å². The highest BCUT2D eigenvalue weighted by atomic mass is 19.4. The smallest absolute Gasteiger partial charge is 0.494 e. The Balaban J connectivity index is 1.54. The summed E-state index contributed by atoms with van der Waals surface area (Å²) in [5, 5.41) is 4.18. The van der Waals surface area contributed by atoms with Crippen molar-refractivity contribution >= 4 is 22.4 Å². The van der Waals surface area contributed by atoms with Crippen LogP contribution in [0, 0.1) is 0 Å². The summed E-state index contributed by atoms with van der Waals surface area (Å²) in [6, 6.07) is 19.2. The molecule has 0 radical (unpaired) electrons. The van der Waals surface area contributed by atoms with Crippen LogP contribution in [0.25, 0.3) is 28.1 Å². The van der Waals surface area contributed by atoms with Crippen LogP contribution in [0.15, 0.2) is 84.1 Å². The van der Waals surface area contributed by atoms with Crippen LogP contribution in [0.5, 0.6) is 11.5 Å². The number of anilines is 2. The maximum atomic E-state index is 12.8. The number of halogens is 3. The first-order valence-electron chi connectivity index (χ1n) is 13.9. The third kappa shape index (κ3) is 6.26. The van der Waals surface area contributed by atoms with Gasteiger partial charge >= 0.3 is 6.36 Å². The van der Waals surface area contributed by atoms with Crippen LogP contribution >= 0.6 is 0 Å². The Kier molecular flexibility index (Phi) is 7.90. The summed E-state index contributed by atoms with van der Waals surface area (Å²) in [4.78, 5) is 14.4. The fourth-order valence-electron chi connectivity index (χ4n) is 5.53. The lowest BCUT2D eigenvalue weighted by Crippen LogP contribution is -2.25. The van der Waals surface area contributed by atoms with Crippen LogP contribution in [0.1, 0.15) is 25.7 Å². The average Bonchev–Trinajstić information content (AvgIpc) is 3.01. The van der Waals surface area contributed by atoms with E-state index in [-0.39, 0.29) is 17.9 Å². The van der Waals surface area contributed by atoms with Gasteiger partial charge in [0, 0.05) is 25.1 Å². The molecule has 222 valence electrons. The molecule has 8 nitrogen and oxygen atoms in total. The van der Waals surface area contributed by atoms with E-state index < -0.39 is 6.36 Å². The van der Waals surface area contributed by atoms with Crippen molar-refractivity contribution in [3.05, 3.63) is 84.5 Å². The largest absolute Gasteiger partial charge is 0.573 e. The Morgan fingerprint density at radius 3 is 2.42 bits per heavy atom. The lowest BCUT2D eigenvalue weighted by Gasteiger charge is -2.25. The Bertz CT molecular complexity index is 1760. The lowest BCUT2D eigenvalue weighted by molar-refractivity contribution is -0.274. The minimum Gasteiger partial charge on any atom is -0.494 e.